The Kier molecular flexibility index (Phi) is 8.20. The molecule has 0 saturated carbocycles. The minimum Gasteiger partial charge on any atom is -0.296 e. The second-order valence-electron chi connectivity index (χ2n) is 7.67. The fraction of sp³-hybridized carbons (Fsp3) is 0.318. The van der Waals surface area contributed by atoms with Crippen molar-refractivity contribution in [2.24, 2.45) is 0 Å². The van der Waals surface area contributed by atoms with Gasteiger partial charge in [0.2, 0.25) is 15.2 Å². The Morgan fingerprint density at radius 1 is 1.12 bits per heavy atom. The molecule has 0 unspecified atom stereocenters. The lowest BCUT2D eigenvalue weighted by molar-refractivity contribution is 0.102. The van der Waals surface area contributed by atoms with E-state index in [9.17, 15) is 17.6 Å². The molecule has 1 aliphatic rings. The van der Waals surface area contributed by atoms with Crippen molar-refractivity contribution in [1.29, 1.82) is 0 Å². The van der Waals surface area contributed by atoms with Crippen molar-refractivity contribution in [2.75, 3.05) is 18.4 Å². The Morgan fingerprint density at radius 3 is 2.59 bits per heavy atom. The van der Waals surface area contributed by atoms with Crippen LogP contribution < -0.4 is 5.32 Å². The predicted octanol–water partition coefficient (Wildman–Crippen LogP) is 5.44. The van der Waals surface area contributed by atoms with Gasteiger partial charge in [-0.25, -0.2) is 12.8 Å². The van der Waals surface area contributed by atoms with E-state index in [1.807, 2.05) is 0 Å². The van der Waals surface area contributed by atoms with E-state index in [-0.39, 0.29) is 26.4 Å². The summed E-state index contributed by atoms with van der Waals surface area (Å²) in [4.78, 5) is 12.7. The van der Waals surface area contributed by atoms with Crippen LogP contribution in [0.5, 0.6) is 0 Å². The number of hydrogen-bond donors (Lipinski definition) is 1. The summed E-state index contributed by atoms with van der Waals surface area (Å²) in [7, 11) is -3.82. The summed E-state index contributed by atoms with van der Waals surface area (Å²) in [5, 5.41) is 11.0. The molecule has 2 heterocycles. The van der Waals surface area contributed by atoms with Gasteiger partial charge in [0.15, 0.2) is 4.34 Å². The number of halogens is 2. The van der Waals surface area contributed by atoms with E-state index >= 15 is 0 Å². The Morgan fingerprint density at radius 2 is 1.85 bits per heavy atom. The monoisotopic (exact) mass is 540 g/mol. The summed E-state index contributed by atoms with van der Waals surface area (Å²) in [5.74, 6) is -0.433. The summed E-state index contributed by atoms with van der Waals surface area (Å²) in [6.07, 6.45) is 3.58. The molecule has 2 aromatic carbocycles. The zero-order chi connectivity index (χ0) is 24.1. The molecule has 3 aromatic rings. The second kappa shape index (κ2) is 11.1. The average Bonchev–Trinajstić information content (AvgIpc) is 3.07. The first-order valence-electron chi connectivity index (χ1n) is 10.7. The highest BCUT2D eigenvalue weighted by Crippen LogP contribution is 2.30. The van der Waals surface area contributed by atoms with E-state index in [4.69, 9.17) is 11.6 Å². The van der Waals surface area contributed by atoms with Gasteiger partial charge < -0.3 is 0 Å². The van der Waals surface area contributed by atoms with Crippen molar-refractivity contribution in [2.45, 2.75) is 40.7 Å². The van der Waals surface area contributed by atoms with Gasteiger partial charge in [0.05, 0.1) is 5.02 Å². The van der Waals surface area contributed by atoms with Gasteiger partial charge in [-0.1, -0.05) is 65.7 Å². The molecule has 0 aliphatic carbocycles. The smallest absolute Gasteiger partial charge is 0.257 e. The molecule has 0 bridgehead atoms. The second-order valence-corrected chi connectivity index (χ2v) is 12.2. The van der Waals surface area contributed by atoms with Crippen molar-refractivity contribution in [3.05, 3.63) is 64.4 Å². The van der Waals surface area contributed by atoms with Crippen molar-refractivity contribution in [1.82, 2.24) is 14.5 Å². The number of carbonyl (C=O) groups excluding carboxylic acids is 1. The summed E-state index contributed by atoms with van der Waals surface area (Å²) in [5.41, 5.74) is 0.696. The van der Waals surface area contributed by atoms with Crippen molar-refractivity contribution >= 4 is 55.8 Å². The van der Waals surface area contributed by atoms with E-state index < -0.39 is 15.9 Å². The molecule has 180 valence electrons. The number of anilines is 1. The van der Waals surface area contributed by atoms with Crippen LogP contribution in [0.2, 0.25) is 5.02 Å². The molecule has 0 radical (unpaired) electrons. The minimum atomic E-state index is -3.82. The van der Waals surface area contributed by atoms with Crippen LogP contribution >= 0.6 is 34.7 Å². The molecule has 1 saturated heterocycles. The molecule has 34 heavy (non-hydrogen) atoms. The van der Waals surface area contributed by atoms with Gasteiger partial charge in [-0.3, -0.25) is 10.1 Å². The Balaban J connectivity index is 1.45. The minimum absolute atomic E-state index is 0.0727. The SMILES string of the molecule is O=C(Nc1nnc(SCc2ccccc2F)s1)c1ccc(Cl)c(S(=O)(=O)N2CCCCCC2)c1. The summed E-state index contributed by atoms with van der Waals surface area (Å²) in [6, 6.07) is 10.7. The number of sulfonamides is 1. The van der Waals surface area contributed by atoms with Gasteiger partial charge in [0.25, 0.3) is 5.91 Å². The number of benzene rings is 2. The summed E-state index contributed by atoms with van der Waals surface area (Å²) < 4.78 is 42.1. The highest BCUT2D eigenvalue weighted by atomic mass is 35.5. The van der Waals surface area contributed by atoms with Gasteiger partial charge in [0.1, 0.15) is 10.7 Å². The Hall–Kier alpha value is -2.05. The third-order valence-electron chi connectivity index (χ3n) is 5.31. The van der Waals surface area contributed by atoms with Gasteiger partial charge in [0, 0.05) is 24.4 Å². The van der Waals surface area contributed by atoms with Crippen LogP contribution in [0, 0.1) is 5.82 Å². The fourth-order valence-electron chi connectivity index (χ4n) is 3.51. The lowest BCUT2D eigenvalue weighted by Crippen LogP contribution is -2.32. The number of rotatable bonds is 7. The van der Waals surface area contributed by atoms with Crippen molar-refractivity contribution in [3.8, 4) is 0 Å². The number of nitrogens with zero attached hydrogens (tertiary/aromatic N) is 3. The van der Waals surface area contributed by atoms with Crippen LogP contribution in [0.3, 0.4) is 0 Å². The van der Waals surface area contributed by atoms with Crippen molar-refractivity contribution in [3.63, 3.8) is 0 Å². The highest BCUT2D eigenvalue weighted by molar-refractivity contribution is 8.00. The zero-order valence-corrected chi connectivity index (χ0v) is 21.2. The normalized spacial score (nSPS) is 15.1. The van der Waals surface area contributed by atoms with Crippen LogP contribution in [0.15, 0.2) is 51.7 Å². The first-order chi connectivity index (χ1) is 16.3. The maximum atomic E-state index is 13.8. The molecule has 1 aromatic heterocycles. The van der Waals surface area contributed by atoms with Crippen molar-refractivity contribution < 1.29 is 17.6 Å². The first kappa shape index (κ1) is 25.1. The maximum absolute atomic E-state index is 13.8. The molecule has 12 heteroatoms. The van der Waals surface area contributed by atoms with E-state index in [0.29, 0.717) is 28.7 Å². The lowest BCUT2D eigenvalue weighted by atomic mass is 10.2. The van der Waals surface area contributed by atoms with Crippen LogP contribution in [0.1, 0.15) is 41.6 Å². The molecule has 1 amide bonds. The van der Waals surface area contributed by atoms with Crippen LogP contribution in [-0.4, -0.2) is 41.9 Å². The number of nitrogens with one attached hydrogen (secondary N) is 1. The molecule has 1 aliphatic heterocycles. The lowest BCUT2D eigenvalue weighted by Gasteiger charge is -2.21. The number of thioether (sulfide) groups is 1. The number of carbonyl (C=O) groups is 1. The van der Waals surface area contributed by atoms with Gasteiger partial charge >= 0.3 is 0 Å². The zero-order valence-electron chi connectivity index (χ0n) is 18.0. The molecular formula is C22H22ClFN4O3S3. The van der Waals surface area contributed by atoms with Gasteiger partial charge in [-0.2, -0.15) is 4.31 Å². The predicted molar refractivity (Wildman–Crippen MR) is 133 cm³/mol. The molecule has 4 rings (SSSR count). The molecule has 1 fully saturated rings. The first-order valence-corrected chi connectivity index (χ1v) is 14.3. The quantitative estimate of drug-likeness (QED) is 0.317. The number of hydrogen-bond acceptors (Lipinski definition) is 7. The number of amides is 1. The Labute approximate surface area is 210 Å². The van der Waals surface area contributed by atoms with Crippen LogP contribution in [0.4, 0.5) is 9.52 Å². The summed E-state index contributed by atoms with van der Waals surface area (Å²) >= 11 is 8.68. The fourth-order valence-corrected chi connectivity index (χ4v) is 7.26. The Bertz CT molecular complexity index is 1280. The van der Waals surface area contributed by atoms with E-state index in [0.717, 1.165) is 37.0 Å². The van der Waals surface area contributed by atoms with Gasteiger partial charge in [-0.05, 0) is 42.7 Å². The molecule has 1 N–H and O–H groups in total. The highest BCUT2D eigenvalue weighted by Gasteiger charge is 2.28. The third-order valence-corrected chi connectivity index (χ3v) is 9.71. The third kappa shape index (κ3) is 5.95. The molecule has 0 spiro atoms. The van der Waals surface area contributed by atoms with Crippen LogP contribution in [-0.2, 0) is 15.8 Å². The number of aromatic nitrogens is 2. The molecule has 7 nitrogen and oxygen atoms in total. The van der Waals surface area contributed by atoms with E-state index in [1.165, 1.54) is 40.3 Å². The average molecular weight is 541 g/mol. The van der Waals surface area contributed by atoms with Gasteiger partial charge in [-0.15, -0.1) is 10.2 Å². The summed E-state index contributed by atoms with van der Waals surface area (Å²) in [6.45, 7) is 0.875. The topological polar surface area (TPSA) is 92.3 Å². The maximum Gasteiger partial charge on any atom is 0.257 e. The van der Waals surface area contributed by atoms with E-state index in [2.05, 4.69) is 15.5 Å². The van der Waals surface area contributed by atoms with E-state index in [1.54, 1.807) is 18.2 Å². The molecular weight excluding hydrogens is 519 g/mol. The van der Waals surface area contributed by atoms with Crippen LogP contribution in [0.25, 0.3) is 0 Å². The standard InChI is InChI=1S/C22H22ClFN4O3S3/c23-17-10-9-15(13-19(17)34(30,31)28-11-5-1-2-6-12-28)20(29)25-21-26-27-22(33-21)32-14-16-7-3-4-8-18(16)24/h3-4,7-10,13H,1-2,5-6,11-12,14H2,(H,25,26,29). The molecule has 0 atom stereocenters. The largest absolute Gasteiger partial charge is 0.296 e.